The molecule has 1 aromatic carbocycles. The van der Waals surface area contributed by atoms with Crippen LogP contribution in [0.5, 0.6) is 0 Å². The van der Waals surface area contributed by atoms with Gasteiger partial charge in [-0.05, 0) is 0 Å². The van der Waals surface area contributed by atoms with Crippen LogP contribution < -0.4 is 0 Å². The van der Waals surface area contributed by atoms with Crippen molar-refractivity contribution in [2.75, 3.05) is 6.61 Å². The number of aliphatic hydroxyl groups excluding tert-OH is 3. The number of hydrogen-bond acceptors (Lipinski definition) is 6. The minimum absolute atomic E-state index is 0.395. The fourth-order valence-electron chi connectivity index (χ4n) is 2.58. The third-order valence-electron chi connectivity index (χ3n) is 3.78. The van der Waals surface area contributed by atoms with Gasteiger partial charge in [0.25, 0.3) is 0 Å². The molecule has 2 heterocycles. The zero-order chi connectivity index (χ0) is 16.6. The van der Waals surface area contributed by atoms with Gasteiger partial charge in [0.05, 0.1) is 0 Å². The van der Waals surface area contributed by atoms with Gasteiger partial charge < -0.3 is 0 Å². The van der Waals surface area contributed by atoms with E-state index in [0.29, 0.717) is 11.3 Å². The number of nitrogens with zero attached hydrogens (tertiary/aromatic N) is 3. The van der Waals surface area contributed by atoms with Crippen molar-refractivity contribution in [2.24, 2.45) is 0 Å². The molecule has 123 valence electrons. The van der Waals surface area contributed by atoms with Crippen molar-refractivity contribution in [3.8, 4) is 11.3 Å². The molecule has 0 spiro atoms. The topological polar surface area (TPSA) is 101 Å². The Morgan fingerprint density at radius 2 is 2.09 bits per heavy atom. The van der Waals surface area contributed by atoms with Gasteiger partial charge >= 0.3 is 139 Å². The molecule has 3 rings (SSSR count). The summed E-state index contributed by atoms with van der Waals surface area (Å²) in [6, 6.07) is 5.03. The molecule has 0 saturated carbocycles. The Bertz CT molecular complexity index is 686. The van der Waals surface area contributed by atoms with E-state index >= 15 is 0 Å². The summed E-state index contributed by atoms with van der Waals surface area (Å²) in [5.74, 6) is -0.397. The number of ether oxygens (including phenoxy) is 1. The molecule has 1 fully saturated rings. The quantitative estimate of drug-likeness (QED) is 0.599. The van der Waals surface area contributed by atoms with Crippen molar-refractivity contribution in [3.05, 3.63) is 36.3 Å². The van der Waals surface area contributed by atoms with Gasteiger partial charge in [-0.25, -0.2) is 0 Å². The number of hydrogen-bond donors (Lipinski definition) is 3. The Labute approximate surface area is 139 Å². The fraction of sp³-hybridized carbons (Fsp3) is 0.429. The van der Waals surface area contributed by atoms with Crippen LogP contribution in [0, 0.1) is 5.82 Å². The Morgan fingerprint density at radius 3 is 2.78 bits per heavy atom. The normalized spacial score (nSPS) is 31.3. The van der Waals surface area contributed by atoms with E-state index in [1.54, 1.807) is 12.1 Å². The van der Waals surface area contributed by atoms with E-state index in [-0.39, 0.29) is 0 Å². The zero-order valence-corrected chi connectivity index (χ0v) is 13.6. The summed E-state index contributed by atoms with van der Waals surface area (Å²) in [6.07, 6.45) is -1.58. The molecule has 1 aromatic heterocycles. The molecule has 1 aliphatic heterocycles. The Hall–Kier alpha value is -1.35. The first-order chi connectivity index (χ1) is 11.0. The molecular weight excluding hydrogens is 372 g/mol. The summed E-state index contributed by atoms with van der Waals surface area (Å²) in [5.41, 5.74) is 0.943. The predicted molar refractivity (Wildman–Crippen MR) is 78.0 cm³/mol. The molecule has 0 unspecified atom stereocenters. The van der Waals surface area contributed by atoms with Crippen LogP contribution in [0.25, 0.3) is 11.3 Å². The van der Waals surface area contributed by atoms with Crippen LogP contribution >= 0.6 is 0 Å². The minimum atomic E-state index is -1.17. The van der Waals surface area contributed by atoms with Crippen LogP contribution in [0.4, 0.5) is 4.39 Å². The van der Waals surface area contributed by atoms with Crippen LogP contribution in [-0.2, 0) is 4.74 Å². The SMILES string of the molecule is OC[C@H]1O[C@@H]([Se])[C@H](O)[C@@H](n2cc(-c3cccc(F)c3)nn2)[C@H]1O. The summed E-state index contributed by atoms with van der Waals surface area (Å²) in [5, 5.41) is 37.0. The second kappa shape index (κ2) is 6.64. The second-order valence-corrected chi connectivity index (χ2v) is 6.27. The van der Waals surface area contributed by atoms with E-state index < -0.39 is 41.8 Å². The molecule has 1 radical (unpaired) electrons. The van der Waals surface area contributed by atoms with Gasteiger partial charge in [-0.3, -0.25) is 0 Å². The van der Waals surface area contributed by atoms with Gasteiger partial charge in [0, 0.05) is 0 Å². The van der Waals surface area contributed by atoms with Crippen LogP contribution in [0.2, 0.25) is 0 Å². The summed E-state index contributed by atoms with van der Waals surface area (Å²) >= 11 is 2.65. The predicted octanol–water partition coefficient (Wildman–Crippen LogP) is -0.767. The van der Waals surface area contributed by atoms with Crippen molar-refractivity contribution in [1.82, 2.24) is 15.0 Å². The van der Waals surface area contributed by atoms with E-state index in [0.717, 1.165) is 0 Å². The number of rotatable bonds is 3. The Balaban J connectivity index is 1.92. The first-order valence-corrected chi connectivity index (χ1v) is 7.96. The summed E-state index contributed by atoms with van der Waals surface area (Å²) in [7, 11) is 0. The van der Waals surface area contributed by atoms with E-state index in [2.05, 4.69) is 26.3 Å². The molecular formula is C14H15FN3O4Se. The van der Waals surface area contributed by atoms with E-state index in [1.165, 1.54) is 23.0 Å². The summed E-state index contributed by atoms with van der Waals surface area (Å²) in [4.78, 5) is 0. The molecule has 0 aliphatic carbocycles. The van der Waals surface area contributed by atoms with E-state index in [1.807, 2.05) is 0 Å². The van der Waals surface area contributed by atoms with Crippen molar-refractivity contribution < 1.29 is 24.4 Å². The van der Waals surface area contributed by atoms with Gasteiger partial charge in [0.15, 0.2) is 0 Å². The van der Waals surface area contributed by atoms with E-state index in [4.69, 9.17) is 4.74 Å². The van der Waals surface area contributed by atoms with Gasteiger partial charge in [-0.15, -0.1) is 0 Å². The van der Waals surface area contributed by atoms with Crippen molar-refractivity contribution >= 4 is 16.0 Å². The number of aliphatic hydroxyl groups is 3. The van der Waals surface area contributed by atoms with Crippen molar-refractivity contribution in [2.45, 2.75) is 29.4 Å². The van der Waals surface area contributed by atoms with Gasteiger partial charge in [0.1, 0.15) is 0 Å². The maximum atomic E-state index is 13.3. The van der Waals surface area contributed by atoms with Crippen molar-refractivity contribution in [1.29, 1.82) is 0 Å². The van der Waals surface area contributed by atoms with Crippen LogP contribution in [0.15, 0.2) is 30.5 Å². The van der Waals surface area contributed by atoms with Crippen molar-refractivity contribution in [3.63, 3.8) is 0 Å². The van der Waals surface area contributed by atoms with Gasteiger partial charge in [-0.1, -0.05) is 0 Å². The molecule has 5 atom stereocenters. The molecule has 9 heteroatoms. The number of benzene rings is 1. The first kappa shape index (κ1) is 16.5. The third-order valence-corrected chi connectivity index (χ3v) is 4.60. The summed E-state index contributed by atoms with van der Waals surface area (Å²) in [6.45, 7) is -0.395. The fourth-order valence-corrected chi connectivity index (χ4v) is 3.22. The standard InChI is InChI=1S/C14H15FN3O4Se/c15-8-3-1-2-7(4-8)9-5-18(17-16-9)11-12(20)10(6-19)22-14(23)13(11)21/h1-5,10-14,19-21H,6H2/t10-,11+,12+,13-,14+/m1/s1. The molecule has 23 heavy (non-hydrogen) atoms. The Morgan fingerprint density at radius 1 is 1.30 bits per heavy atom. The second-order valence-electron chi connectivity index (χ2n) is 5.29. The molecule has 1 aliphatic rings. The average Bonchev–Trinajstić information content (AvgIpc) is 3.01. The third kappa shape index (κ3) is 3.16. The molecule has 0 bridgehead atoms. The van der Waals surface area contributed by atoms with Crippen LogP contribution in [-0.4, -0.2) is 76.2 Å². The maximum absolute atomic E-state index is 13.3. The Kier molecular flexibility index (Phi) is 4.77. The molecule has 0 amide bonds. The van der Waals surface area contributed by atoms with Crippen LogP contribution in [0.3, 0.4) is 0 Å². The monoisotopic (exact) mass is 388 g/mol. The van der Waals surface area contributed by atoms with E-state index in [9.17, 15) is 19.7 Å². The molecule has 7 nitrogen and oxygen atoms in total. The number of aromatic nitrogens is 3. The average molecular weight is 387 g/mol. The van der Waals surface area contributed by atoms with Gasteiger partial charge in [0.2, 0.25) is 0 Å². The zero-order valence-electron chi connectivity index (χ0n) is 11.9. The first-order valence-electron chi connectivity index (χ1n) is 6.97. The number of halogens is 1. The molecule has 2 aromatic rings. The molecule has 1 saturated heterocycles. The summed E-state index contributed by atoms with van der Waals surface area (Å²) < 4.78 is 19.9. The van der Waals surface area contributed by atoms with Crippen LogP contribution in [0.1, 0.15) is 6.04 Å². The molecule has 3 N–H and O–H groups in total. The van der Waals surface area contributed by atoms with Gasteiger partial charge in [-0.2, -0.15) is 0 Å².